The van der Waals surface area contributed by atoms with Gasteiger partial charge in [-0.15, -0.1) is 11.8 Å². The molecule has 0 aliphatic heterocycles. The number of carbonyl (C=O) groups excluding carboxylic acids is 1. The van der Waals surface area contributed by atoms with E-state index in [1.807, 2.05) is 30.3 Å². The quantitative estimate of drug-likeness (QED) is 0.628. The van der Waals surface area contributed by atoms with Crippen LogP contribution in [-0.2, 0) is 4.79 Å². The van der Waals surface area contributed by atoms with Crippen LogP contribution in [0.25, 0.3) is 0 Å². The van der Waals surface area contributed by atoms with E-state index in [0.717, 1.165) is 16.8 Å². The van der Waals surface area contributed by atoms with Crippen LogP contribution in [0.1, 0.15) is 25.7 Å². The smallest absolute Gasteiger partial charge is 0.230 e. The van der Waals surface area contributed by atoms with E-state index in [1.54, 1.807) is 11.8 Å². The van der Waals surface area contributed by atoms with Crippen LogP contribution >= 0.6 is 27.7 Å². The molecule has 0 radical (unpaired) electrons. The first kappa shape index (κ1) is 14.9. The van der Waals surface area contributed by atoms with Crippen molar-refractivity contribution in [1.29, 1.82) is 0 Å². The van der Waals surface area contributed by atoms with Gasteiger partial charge < -0.3 is 5.32 Å². The maximum atomic E-state index is 11.9. The average molecular weight is 342 g/mol. The summed E-state index contributed by atoms with van der Waals surface area (Å²) < 4.78 is 0. The van der Waals surface area contributed by atoms with Gasteiger partial charge in [0.25, 0.3) is 0 Å². The van der Waals surface area contributed by atoms with Crippen molar-refractivity contribution in [2.45, 2.75) is 30.6 Å². The molecule has 1 N–H and O–H groups in total. The lowest BCUT2D eigenvalue weighted by molar-refractivity contribution is -0.119. The summed E-state index contributed by atoms with van der Waals surface area (Å²) in [5.74, 6) is 0.642. The molecule has 1 aliphatic rings. The van der Waals surface area contributed by atoms with Crippen molar-refractivity contribution in [2.75, 3.05) is 17.6 Å². The zero-order chi connectivity index (χ0) is 13.6. The fourth-order valence-corrected chi connectivity index (χ4v) is 3.99. The second-order valence-electron chi connectivity index (χ2n) is 5.22. The summed E-state index contributed by atoms with van der Waals surface area (Å²) in [5.41, 5.74) is 0.299. The SMILES string of the molecule is O=C(CSc1ccccc1)NCC1(CBr)CCCC1. The molecular weight excluding hydrogens is 322 g/mol. The Hall–Kier alpha value is -0.480. The summed E-state index contributed by atoms with van der Waals surface area (Å²) in [6.07, 6.45) is 5.04. The van der Waals surface area contributed by atoms with Crippen LogP contribution in [0.3, 0.4) is 0 Å². The molecule has 2 rings (SSSR count). The van der Waals surface area contributed by atoms with Crippen molar-refractivity contribution < 1.29 is 4.79 Å². The predicted octanol–water partition coefficient (Wildman–Crippen LogP) is 3.85. The van der Waals surface area contributed by atoms with Gasteiger partial charge in [0.1, 0.15) is 0 Å². The minimum atomic E-state index is 0.140. The van der Waals surface area contributed by atoms with Crippen molar-refractivity contribution in [3.05, 3.63) is 30.3 Å². The molecular formula is C15H20BrNOS. The Kier molecular flexibility index (Phi) is 5.76. The number of benzene rings is 1. The number of hydrogen-bond acceptors (Lipinski definition) is 2. The van der Waals surface area contributed by atoms with Crippen molar-refractivity contribution >= 4 is 33.6 Å². The Morgan fingerprint density at radius 2 is 1.95 bits per heavy atom. The second kappa shape index (κ2) is 7.34. The van der Waals surface area contributed by atoms with E-state index >= 15 is 0 Å². The van der Waals surface area contributed by atoms with Gasteiger partial charge in [-0.05, 0) is 30.4 Å². The highest BCUT2D eigenvalue weighted by Gasteiger charge is 2.32. The number of nitrogens with one attached hydrogen (secondary N) is 1. The van der Waals surface area contributed by atoms with Gasteiger partial charge in [0.15, 0.2) is 0 Å². The molecule has 1 amide bonds. The normalized spacial score (nSPS) is 17.3. The Bertz CT molecular complexity index is 404. The van der Waals surface area contributed by atoms with E-state index in [4.69, 9.17) is 0 Å². The molecule has 1 aromatic rings. The number of alkyl halides is 1. The Labute approximate surface area is 127 Å². The lowest BCUT2D eigenvalue weighted by Gasteiger charge is -2.26. The van der Waals surface area contributed by atoms with Gasteiger partial charge in [-0.25, -0.2) is 0 Å². The summed E-state index contributed by atoms with van der Waals surface area (Å²) in [4.78, 5) is 13.0. The van der Waals surface area contributed by atoms with Gasteiger partial charge in [0.05, 0.1) is 5.75 Å². The maximum absolute atomic E-state index is 11.9. The number of hydrogen-bond donors (Lipinski definition) is 1. The minimum Gasteiger partial charge on any atom is -0.355 e. The second-order valence-corrected chi connectivity index (χ2v) is 6.83. The molecule has 104 valence electrons. The zero-order valence-corrected chi connectivity index (χ0v) is 13.4. The van der Waals surface area contributed by atoms with Crippen LogP contribution < -0.4 is 5.32 Å². The lowest BCUT2D eigenvalue weighted by atomic mass is 9.89. The van der Waals surface area contributed by atoms with Crippen LogP contribution in [-0.4, -0.2) is 23.5 Å². The highest BCUT2D eigenvalue weighted by atomic mass is 79.9. The van der Waals surface area contributed by atoms with E-state index in [-0.39, 0.29) is 5.91 Å². The van der Waals surface area contributed by atoms with Gasteiger partial charge >= 0.3 is 0 Å². The first-order chi connectivity index (χ1) is 9.24. The van der Waals surface area contributed by atoms with E-state index in [0.29, 0.717) is 11.2 Å². The third-order valence-corrected chi connectivity index (χ3v) is 5.92. The summed E-state index contributed by atoms with van der Waals surface area (Å²) >= 11 is 5.20. The molecule has 0 aromatic heterocycles. The molecule has 0 saturated heterocycles. The van der Waals surface area contributed by atoms with Crippen LogP contribution in [0.2, 0.25) is 0 Å². The number of thioether (sulfide) groups is 1. The number of carbonyl (C=O) groups is 1. The van der Waals surface area contributed by atoms with Crippen LogP contribution in [0.5, 0.6) is 0 Å². The van der Waals surface area contributed by atoms with Crippen molar-refractivity contribution in [1.82, 2.24) is 5.32 Å². The summed E-state index contributed by atoms with van der Waals surface area (Å²) in [7, 11) is 0. The number of halogens is 1. The van der Waals surface area contributed by atoms with Crippen molar-refractivity contribution in [3.8, 4) is 0 Å². The van der Waals surface area contributed by atoms with Crippen LogP contribution in [0.4, 0.5) is 0 Å². The molecule has 4 heteroatoms. The first-order valence-corrected chi connectivity index (χ1v) is 8.85. The summed E-state index contributed by atoms with van der Waals surface area (Å²) in [5, 5.41) is 4.09. The average Bonchev–Trinajstić information content (AvgIpc) is 2.93. The lowest BCUT2D eigenvalue weighted by Crippen LogP contribution is -2.37. The maximum Gasteiger partial charge on any atom is 0.230 e. The Morgan fingerprint density at radius 3 is 2.58 bits per heavy atom. The van der Waals surface area contributed by atoms with E-state index < -0.39 is 0 Å². The molecule has 1 aliphatic carbocycles. The number of amides is 1. The van der Waals surface area contributed by atoms with Gasteiger partial charge in [0.2, 0.25) is 5.91 Å². The number of rotatable bonds is 6. The predicted molar refractivity (Wildman–Crippen MR) is 84.9 cm³/mol. The fraction of sp³-hybridized carbons (Fsp3) is 0.533. The van der Waals surface area contributed by atoms with Crippen LogP contribution in [0, 0.1) is 5.41 Å². The van der Waals surface area contributed by atoms with Crippen molar-refractivity contribution in [3.63, 3.8) is 0 Å². The highest BCUT2D eigenvalue weighted by molar-refractivity contribution is 9.09. The monoisotopic (exact) mass is 341 g/mol. The standard InChI is InChI=1S/C15H20BrNOS/c16-11-15(8-4-5-9-15)12-17-14(18)10-19-13-6-2-1-3-7-13/h1-3,6-7H,4-5,8-12H2,(H,17,18). The molecule has 0 heterocycles. The molecule has 1 fully saturated rings. The van der Waals surface area contributed by atoms with E-state index in [1.165, 1.54) is 25.7 Å². The molecule has 0 atom stereocenters. The van der Waals surface area contributed by atoms with E-state index in [9.17, 15) is 4.79 Å². The van der Waals surface area contributed by atoms with Gasteiger partial charge in [-0.1, -0.05) is 47.0 Å². The highest BCUT2D eigenvalue weighted by Crippen LogP contribution is 2.38. The molecule has 1 aromatic carbocycles. The fourth-order valence-electron chi connectivity index (χ4n) is 2.49. The molecule has 2 nitrogen and oxygen atoms in total. The first-order valence-electron chi connectivity index (χ1n) is 6.75. The van der Waals surface area contributed by atoms with Gasteiger partial charge in [-0.2, -0.15) is 0 Å². The van der Waals surface area contributed by atoms with Gasteiger partial charge in [0, 0.05) is 16.8 Å². The molecule has 0 unspecified atom stereocenters. The molecule has 0 bridgehead atoms. The Balaban J connectivity index is 1.72. The topological polar surface area (TPSA) is 29.1 Å². The van der Waals surface area contributed by atoms with Gasteiger partial charge in [-0.3, -0.25) is 4.79 Å². The third kappa shape index (κ3) is 4.53. The molecule has 0 spiro atoms. The largest absolute Gasteiger partial charge is 0.355 e. The minimum absolute atomic E-state index is 0.140. The zero-order valence-electron chi connectivity index (χ0n) is 11.0. The van der Waals surface area contributed by atoms with E-state index in [2.05, 4.69) is 21.2 Å². The summed E-state index contributed by atoms with van der Waals surface area (Å²) in [6.45, 7) is 0.812. The summed E-state index contributed by atoms with van der Waals surface area (Å²) in [6, 6.07) is 10.1. The Morgan fingerprint density at radius 1 is 1.26 bits per heavy atom. The third-order valence-electron chi connectivity index (χ3n) is 3.72. The van der Waals surface area contributed by atoms with Crippen LogP contribution in [0.15, 0.2) is 35.2 Å². The molecule has 19 heavy (non-hydrogen) atoms. The van der Waals surface area contributed by atoms with Crippen molar-refractivity contribution in [2.24, 2.45) is 5.41 Å². The molecule has 1 saturated carbocycles.